The van der Waals surface area contributed by atoms with Crippen LogP contribution >= 0.6 is 0 Å². The quantitative estimate of drug-likeness (QED) is 0.654. The average Bonchev–Trinajstić information content (AvgIpc) is 2.82. The monoisotopic (exact) mass is 332 g/mol. The third kappa shape index (κ3) is 2.81. The Morgan fingerprint density at radius 2 is 2.12 bits per heavy atom. The Hall–Kier alpha value is -1.55. The molecule has 1 aromatic heterocycles. The van der Waals surface area contributed by atoms with Crippen molar-refractivity contribution in [1.29, 1.82) is 0 Å². The molecular weight excluding hydrogens is 304 g/mol. The van der Waals surface area contributed by atoms with Gasteiger partial charge >= 0.3 is 5.97 Å². The van der Waals surface area contributed by atoms with Gasteiger partial charge in [0.2, 0.25) is 0 Å². The fourth-order valence-electron chi connectivity index (χ4n) is 4.53. The highest BCUT2D eigenvalue weighted by Crippen LogP contribution is 2.56. The zero-order valence-electron chi connectivity index (χ0n) is 15.3. The minimum absolute atomic E-state index is 0.000466. The second kappa shape index (κ2) is 6.07. The van der Waals surface area contributed by atoms with E-state index < -0.39 is 6.10 Å². The molecule has 0 amide bonds. The number of hydrogen-bond donors (Lipinski definition) is 1. The van der Waals surface area contributed by atoms with Crippen molar-refractivity contribution < 1.29 is 19.1 Å². The van der Waals surface area contributed by atoms with Crippen LogP contribution in [0.2, 0.25) is 0 Å². The molecule has 4 heteroatoms. The molecule has 0 bridgehead atoms. The summed E-state index contributed by atoms with van der Waals surface area (Å²) in [6, 6.07) is 0. The summed E-state index contributed by atoms with van der Waals surface area (Å²) in [7, 11) is 0. The Bertz CT molecular complexity index is 667. The number of rotatable bonds is 2. The van der Waals surface area contributed by atoms with Crippen LogP contribution in [-0.2, 0) is 16.0 Å². The topological polar surface area (TPSA) is 59.7 Å². The summed E-state index contributed by atoms with van der Waals surface area (Å²) in [4.78, 5) is 12.0. The van der Waals surface area contributed by atoms with Gasteiger partial charge in [-0.1, -0.05) is 19.4 Å². The molecule has 0 spiro atoms. The van der Waals surface area contributed by atoms with Gasteiger partial charge in [-0.2, -0.15) is 0 Å². The summed E-state index contributed by atoms with van der Waals surface area (Å²) in [5.41, 5.74) is 3.21. The second-order valence-corrected chi connectivity index (χ2v) is 8.15. The number of hydrogen-bond acceptors (Lipinski definition) is 4. The van der Waals surface area contributed by atoms with E-state index in [1.165, 1.54) is 6.08 Å². The number of esters is 1. The summed E-state index contributed by atoms with van der Waals surface area (Å²) >= 11 is 0. The number of aryl methyl sites for hydroxylation is 1. The Balaban J connectivity index is 1.84. The summed E-state index contributed by atoms with van der Waals surface area (Å²) in [5.74, 6) is 0.829. The van der Waals surface area contributed by atoms with Gasteiger partial charge in [-0.25, -0.2) is 4.79 Å². The molecule has 3 rings (SSSR count). The highest BCUT2D eigenvalue weighted by molar-refractivity contribution is 5.82. The molecule has 4 nitrogen and oxygen atoms in total. The van der Waals surface area contributed by atoms with Gasteiger partial charge < -0.3 is 14.3 Å². The number of allylic oxidation sites excluding steroid dienone is 1. The Morgan fingerprint density at radius 3 is 2.79 bits per heavy atom. The van der Waals surface area contributed by atoms with Crippen LogP contribution in [0.5, 0.6) is 0 Å². The molecule has 132 valence electrons. The van der Waals surface area contributed by atoms with Crippen molar-refractivity contribution in [2.75, 3.05) is 0 Å². The minimum atomic E-state index is -0.625. The maximum Gasteiger partial charge on any atom is 0.330 e. The molecule has 24 heavy (non-hydrogen) atoms. The maximum absolute atomic E-state index is 12.0. The van der Waals surface area contributed by atoms with E-state index in [2.05, 4.69) is 13.8 Å². The molecule has 1 N–H and O–H groups in total. The zero-order chi connectivity index (χ0) is 17.6. The number of aliphatic hydroxyl groups is 1. The van der Waals surface area contributed by atoms with Gasteiger partial charge in [-0.15, -0.1) is 0 Å². The zero-order valence-corrected chi connectivity index (χ0v) is 15.3. The van der Waals surface area contributed by atoms with Crippen molar-refractivity contribution in [3.8, 4) is 0 Å². The summed E-state index contributed by atoms with van der Waals surface area (Å²) in [6.07, 6.45) is 4.95. The molecule has 0 unspecified atom stereocenters. The van der Waals surface area contributed by atoms with Crippen molar-refractivity contribution in [3.05, 3.63) is 34.8 Å². The summed E-state index contributed by atoms with van der Waals surface area (Å²) in [6.45, 7) is 10.3. The van der Waals surface area contributed by atoms with E-state index >= 15 is 0 Å². The van der Waals surface area contributed by atoms with Crippen LogP contribution < -0.4 is 0 Å². The molecule has 2 aliphatic rings. The maximum atomic E-state index is 12.0. The van der Waals surface area contributed by atoms with Gasteiger partial charge in [-0.05, 0) is 62.5 Å². The van der Waals surface area contributed by atoms with Crippen molar-refractivity contribution in [2.45, 2.75) is 66.1 Å². The van der Waals surface area contributed by atoms with Gasteiger partial charge in [0.1, 0.15) is 18.0 Å². The van der Waals surface area contributed by atoms with E-state index in [-0.39, 0.29) is 23.4 Å². The van der Waals surface area contributed by atoms with E-state index in [1.54, 1.807) is 6.26 Å². The molecule has 0 saturated heterocycles. The lowest BCUT2D eigenvalue weighted by atomic mass is 9.54. The minimum Gasteiger partial charge on any atom is -0.466 e. The van der Waals surface area contributed by atoms with Gasteiger partial charge in [-0.3, -0.25) is 0 Å². The number of fused-ring (bicyclic) bond motifs is 2. The van der Waals surface area contributed by atoms with Gasteiger partial charge in [0, 0.05) is 12.0 Å². The van der Waals surface area contributed by atoms with Crippen LogP contribution in [0.15, 0.2) is 22.3 Å². The number of aliphatic hydroxyl groups excluding tert-OH is 1. The first kappa shape index (κ1) is 17.3. The Labute approximate surface area is 143 Å². The van der Waals surface area contributed by atoms with Crippen LogP contribution in [0.25, 0.3) is 0 Å². The number of carbonyl (C=O) groups is 1. The molecular formula is C20H28O4. The average molecular weight is 332 g/mol. The number of furan rings is 1. The SMILES string of the molecule is CC(C)=CC(=O)O[C@H]1C[C@@H]2[C@@H](O)c3occ(C)c3C[C@]2(C)[C@@H](C)C1. The molecule has 1 aromatic rings. The van der Waals surface area contributed by atoms with Crippen LogP contribution in [0.4, 0.5) is 0 Å². The van der Waals surface area contributed by atoms with Gasteiger partial charge in [0.15, 0.2) is 0 Å². The summed E-state index contributed by atoms with van der Waals surface area (Å²) < 4.78 is 11.3. The molecule has 0 aliphatic heterocycles. The highest BCUT2D eigenvalue weighted by Gasteiger charge is 2.53. The van der Waals surface area contributed by atoms with Crippen molar-refractivity contribution in [3.63, 3.8) is 0 Å². The lowest BCUT2D eigenvalue weighted by Crippen LogP contribution is -2.49. The van der Waals surface area contributed by atoms with Crippen LogP contribution in [-0.4, -0.2) is 17.2 Å². The third-order valence-corrected chi connectivity index (χ3v) is 6.14. The van der Waals surface area contributed by atoms with E-state index in [0.717, 1.165) is 29.5 Å². The standard InChI is InChI=1S/C20H28O4/c1-11(2)6-17(21)24-14-7-13(4)20(5)9-15-12(3)10-23-19(15)18(22)16(20)8-14/h6,10,13-14,16,18,22H,7-9H2,1-5H3/t13-,14+,16+,18+,20+/m0/s1. The van der Waals surface area contributed by atoms with Crippen LogP contribution in [0.1, 0.15) is 63.5 Å². The van der Waals surface area contributed by atoms with E-state index in [9.17, 15) is 9.90 Å². The number of carbonyl (C=O) groups excluding carboxylic acids is 1. The van der Waals surface area contributed by atoms with Crippen LogP contribution in [0.3, 0.4) is 0 Å². The molecule has 1 fully saturated rings. The molecule has 2 aliphatic carbocycles. The van der Waals surface area contributed by atoms with E-state index in [1.807, 2.05) is 20.8 Å². The predicted molar refractivity (Wildman–Crippen MR) is 91.4 cm³/mol. The second-order valence-electron chi connectivity index (χ2n) is 8.15. The van der Waals surface area contributed by atoms with Crippen LogP contribution in [0, 0.1) is 24.2 Å². The lowest BCUT2D eigenvalue weighted by molar-refractivity contribution is -0.155. The first-order chi connectivity index (χ1) is 11.2. The third-order valence-electron chi connectivity index (χ3n) is 6.14. The van der Waals surface area contributed by atoms with Gasteiger partial charge in [0.05, 0.1) is 6.26 Å². The Kier molecular flexibility index (Phi) is 4.37. The normalized spacial score (nSPS) is 34.9. The predicted octanol–water partition coefficient (Wildman–Crippen LogP) is 4.11. The smallest absolute Gasteiger partial charge is 0.330 e. The molecule has 5 atom stereocenters. The van der Waals surface area contributed by atoms with Gasteiger partial charge in [0.25, 0.3) is 0 Å². The fourth-order valence-corrected chi connectivity index (χ4v) is 4.53. The first-order valence-corrected chi connectivity index (χ1v) is 8.82. The molecule has 1 saturated carbocycles. The molecule has 0 radical (unpaired) electrons. The molecule has 1 heterocycles. The Morgan fingerprint density at radius 1 is 1.42 bits per heavy atom. The fraction of sp³-hybridized carbons (Fsp3) is 0.650. The lowest BCUT2D eigenvalue weighted by Gasteiger charge is -2.52. The summed E-state index contributed by atoms with van der Waals surface area (Å²) in [5, 5.41) is 10.9. The first-order valence-electron chi connectivity index (χ1n) is 8.82. The van der Waals surface area contributed by atoms with E-state index in [0.29, 0.717) is 18.1 Å². The van der Waals surface area contributed by atoms with Crippen molar-refractivity contribution in [1.82, 2.24) is 0 Å². The number of ether oxygens (including phenoxy) is 1. The molecule has 0 aromatic carbocycles. The largest absolute Gasteiger partial charge is 0.466 e. The van der Waals surface area contributed by atoms with E-state index in [4.69, 9.17) is 9.15 Å². The van der Waals surface area contributed by atoms with Crippen molar-refractivity contribution >= 4 is 5.97 Å². The highest BCUT2D eigenvalue weighted by atomic mass is 16.5. The van der Waals surface area contributed by atoms with Crippen molar-refractivity contribution in [2.24, 2.45) is 17.3 Å².